The quantitative estimate of drug-likeness (QED) is 0.477. The van der Waals surface area contributed by atoms with Gasteiger partial charge in [0, 0.05) is 5.56 Å². The summed E-state index contributed by atoms with van der Waals surface area (Å²) in [4.78, 5) is 11.2. The maximum atomic E-state index is 13.2. The molecule has 0 N–H and O–H groups in total. The average molecular weight is 323 g/mol. The lowest BCUT2D eigenvalue weighted by atomic mass is 10.1. The highest BCUT2D eigenvalue weighted by atomic mass is 127. The molecule has 5 heteroatoms. The number of carbonyl (C=O) groups is 1. The van der Waals surface area contributed by atoms with E-state index in [1.165, 1.54) is 6.07 Å². The molecule has 0 aliphatic heterocycles. The van der Waals surface area contributed by atoms with E-state index in [1.807, 2.05) is 0 Å². The van der Waals surface area contributed by atoms with Crippen LogP contribution in [0, 0.1) is 20.7 Å². The van der Waals surface area contributed by atoms with Gasteiger partial charge >= 0.3 is 0 Å². The second kappa shape index (κ2) is 4.71. The number of alkyl halides is 1. The number of ketones is 1. The fourth-order valence-corrected chi connectivity index (χ4v) is 1.68. The van der Waals surface area contributed by atoms with Crippen LogP contribution in [-0.4, -0.2) is 11.7 Å². The molecule has 0 spiro atoms. The minimum atomic E-state index is -0.571. The molecule has 0 aliphatic carbocycles. The van der Waals surface area contributed by atoms with Crippen molar-refractivity contribution in [3.05, 3.63) is 32.6 Å². The van der Waals surface area contributed by atoms with Gasteiger partial charge < -0.3 is 0 Å². The Kier molecular flexibility index (Phi) is 3.84. The highest BCUT2D eigenvalue weighted by molar-refractivity contribution is 14.1. The maximum absolute atomic E-state index is 13.2. The molecule has 1 rings (SSSR count). The van der Waals surface area contributed by atoms with Crippen molar-refractivity contribution in [2.24, 2.45) is 0 Å². The number of rotatable bonds is 2. The molecular weight excluding hydrogens is 319 g/mol. The summed E-state index contributed by atoms with van der Waals surface area (Å²) in [6, 6.07) is 4.21. The minimum Gasteiger partial charge on any atom is -0.293 e. The van der Waals surface area contributed by atoms with Crippen molar-refractivity contribution in [1.82, 2.24) is 0 Å². The van der Waals surface area contributed by atoms with E-state index in [0.29, 0.717) is 0 Å². The van der Waals surface area contributed by atoms with Crippen LogP contribution in [0.4, 0.5) is 4.39 Å². The minimum absolute atomic E-state index is 0.122. The number of carbonyl (C=O) groups excluding carboxylic acids is 1. The zero-order valence-corrected chi connectivity index (χ0v) is 9.76. The standard InChI is InChI=1S/C9H4ClFINO/c10-3-8(14)6-1-5(4-13)2-7(11)9(6)12/h1-2H,3H2. The summed E-state index contributed by atoms with van der Waals surface area (Å²) in [5.74, 6) is -1.17. The summed E-state index contributed by atoms with van der Waals surface area (Å²) in [5, 5.41) is 8.57. The smallest absolute Gasteiger partial charge is 0.178 e. The molecule has 0 saturated carbocycles. The van der Waals surface area contributed by atoms with E-state index in [4.69, 9.17) is 16.9 Å². The normalized spacial score (nSPS) is 9.57. The molecule has 0 saturated heterocycles. The van der Waals surface area contributed by atoms with Gasteiger partial charge in [0.25, 0.3) is 0 Å². The predicted molar refractivity (Wildman–Crippen MR) is 58.9 cm³/mol. The van der Waals surface area contributed by atoms with Crippen molar-refractivity contribution < 1.29 is 9.18 Å². The lowest BCUT2D eigenvalue weighted by molar-refractivity contribution is 0.101. The van der Waals surface area contributed by atoms with Gasteiger partial charge in [0.05, 0.1) is 21.1 Å². The molecule has 1 aromatic carbocycles. The van der Waals surface area contributed by atoms with Gasteiger partial charge in [-0.2, -0.15) is 5.26 Å². The van der Waals surface area contributed by atoms with E-state index in [2.05, 4.69) is 0 Å². The maximum Gasteiger partial charge on any atom is 0.178 e. The Morgan fingerprint density at radius 2 is 2.29 bits per heavy atom. The van der Waals surface area contributed by atoms with Crippen LogP contribution >= 0.6 is 34.2 Å². The molecule has 0 bridgehead atoms. The third kappa shape index (κ3) is 2.22. The van der Waals surface area contributed by atoms with Gasteiger partial charge in [-0.25, -0.2) is 4.39 Å². The van der Waals surface area contributed by atoms with Gasteiger partial charge in [-0.15, -0.1) is 11.6 Å². The third-order valence-corrected chi connectivity index (χ3v) is 2.92. The number of halogens is 3. The predicted octanol–water partition coefficient (Wildman–Crippen LogP) is 2.72. The van der Waals surface area contributed by atoms with Crippen LogP contribution < -0.4 is 0 Å². The zero-order valence-electron chi connectivity index (χ0n) is 6.85. The lowest BCUT2D eigenvalue weighted by Gasteiger charge is -2.02. The SMILES string of the molecule is N#Cc1cc(F)c(I)c(C(=O)CCl)c1. The van der Waals surface area contributed by atoms with E-state index < -0.39 is 5.82 Å². The first-order chi connectivity index (χ1) is 6.60. The molecule has 0 amide bonds. The van der Waals surface area contributed by atoms with Gasteiger partial charge in [0.2, 0.25) is 0 Å². The van der Waals surface area contributed by atoms with Crippen molar-refractivity contribution in [3.8, 4) is 6.07 Å². The van der Waals surface area contributed by atoms with Gasteiger partial charge in [0.1, 0.15) is 5.82 Å². The molecule has 1 aromatic rings. The first kappa shape index (κ1) is 11.4. The molecule has 0 aromatic heterocycles. The molecule has 14 heavy (non-hydrogen) atoms. The fraction of sp³-hybridized carbons (Fsp3) is 0.111. The Balaban J connectivity index is 3.36. The topological polar surface area (TPSA) is 40.9 Å². The van der Waals surface area contributed by atoms with Crippen LogP contribution in [0.25, 0.3) is 0 Å². The van der Waals surface area contributed by atoms with Crippen molar-refractivity contribution in [3.63, 3.8) is 0 Å². The highest BCUT2D eigenvalue weighted by Crippen LogP contribution is 2.19. The average Bonchev–Trinajstić information content (AvgIpc) is 2.20. The fourth-order valence-electron chi connectivity index (χ4n) is 0.929. The van der Waals surface area contributed by atoms with Crippen LogP contribution in [0.3, 0.4) is 0 Å². The molecule has 0 aliphatic rings. The molecular formula is C9H4ClFINO. The second-order valence-electron chi connectivity index (χ2n) is 2.49. The van der Waals surface area contributed by atoms with Gasteiger partial charge in [0.15, 0.2) is 5.78 Å². The zero-order chi connectivity index (χ0) is 10.7. The van der Waals surface area contributed by atoms with Crippen LogP contribution in [0.2, 0.25) is 0 Å². The Hall–Kier alpha value is -0.670. The number of hydrogen-bond acceptors (Lipinski definition) is 2. The van der Waals surface area contributed by atoms with Crippen molar-refractivity contribution in [2.75, 3.05) is 5.88 Å². The summed E-state index contributed by atoms with van der Waals surface area (Å²) >= 11 is 7.06. The van der Waals surface area contributed by atoms with Gasteiger partial charge in [-0.05, 0) is 34.7 Å². The largest absolute Gasteiger partial charge is 0.293 e. The molecule has 0 fully saturated rings. The van der Waals surface area contributed by atoms with Crippen LogP contribution in [-0.2, 0) is 0 Å². The van der Waals surface area contributed by atoms with Crippen molar-refractivity contribution in [1.29, 1.82) is 5.26 Å². The number of nitriles is 1. The van der Waals surface area contributed by atoms with Gasteiger partial charge in [-0.1, -0.05) is 0 Å². The van der Waals surface area contributed by atoms with E-state index in [1.54, 1.807) is 28.7 Å². The first-order valence-electron chi connectivity index (χ1n) is 3.58. The van der Waals surface area contributed by atoms with Crippen LogP contribution in [0.5, 0.6) is 0 Å². The number of hydrogen-bond donors (Lipinski definition) is 0. The second-order valence-corrected chi connectivity index (χ2v) is 3.83. The molecule has 0 radical (unpaired) electrons. The summed E-state index contributed by atoms with van der Waals surface area (Å²) in [6.45, 7) is 0. The molecule has 0 atom stereocenters. The van der Waals surface area contributed by atoms with E-state index in [0.717, 1.165) is 6.07 Å². The summed E-state index contributed by atoms with van der Waals surface area (Å²) in [6.07, 6.45) is 0. The summed E-state index contributed by atoms with van der Waals surface area (Å²) < 4.78 is 13.4. The lowest BCUT2D eigenvalue weighted by Crippen LogP contribution is -2.05. The van der Waals surface area contributed by atoms with Crippen molar-refractivity contribution >= 4 is 40.0 Å². The summed E-state index contributed by atoms with van der Waals surface area (Å²) in [7, 11) is 0. The first-order valence-corrected chi connectivity index (χ1v) is 5.19. The summed E-state index contributed by atoms with van der Waals surface area (Å²) in [5.41, 5.74) is 0.286. The van der Waals surface area contributed by atoms with E-state index in [9.17, 15) is 9.18 Å². The van der Waals surface area contributed by atoms with E-state index >= 15 is 0 Å². The molecule has 0 heterocycles. The molecule has 72 valence electrons. The number of benzene rings is 1. The van der Waals surface area contributed by atoms with Crippen LogP contribution in [0.15, 0.2) is 12.1 Å². The van der Waals surface area contributed by atoms with E-state index in [-0.39, 0.29) is 26.4 Å². The third-order valence-electron chi connectivity index (χ3n) is 1.58. The number of Topliss-reactive ketones (excluding diaryl/α,β-unsaturated/α-hetero) is 1. The Bertz CT molecular complexity index is 428. The Labute approximate surface area is 98.8 Å². The molecule has 2 nitrogen and oxygen atoms in total. The highest BCUT2D eigenvalue weighted by Gasteiger charge is 2.14. The Morgan fingerprint density at radius 3 is 2.79 bits per heavy atom. The number of nitrogens with zero attached hydrogens (tertiary/aromatic N) is 1. The van der Waals surface area contributed by atoms with Crippen molar-refractivity contribution in [2.45, 2.75) is 0 Å². The molecule has 0 unspecified atom stereocenters. The monoisotopic (exact) mass is 323 g/mol. The Morgan fingerprint density at radius 1 is 1.64 bits per heavy atom. The van der Waals surface area contributed by atoms with Gasteiger partial charge in [-0.3, -0.25) is 4.79 Å². The van der Waals surface area contributed by atoms with Crippen LogP contribution in [0.1, 0.15) is 15.9 Å².